The lowest BCUT2D eigenvalue weighted by atomic mass is 10.0. The first kappa shape index (κ1) is 14.0. The Morgan fingerprint density at radius 1 is 1.41 bits per heavy atom. The van der Waals surface area contributed by atoms with Crippen LogP contribution in [0.4, 0.5) is 0 Å². The zero-order chi connectivity index (χ0) is 13.1. The van der Waals surface area contributed by atoms with Crippen LogP contribution in [-0.4, -0.2) is 22.4 Å². The van der Waals surface area contributed by atoms with Crippen molar-refractivity contribution in [2.24, 2.45) is 0 Å². The van der Waals surface area contributed by atoms with Crippen molar-refractivity contribution in [3.63, 3.8) is 0 Å². The Bertz CT molecular complexity index is 370. The van der Waals surface area contributed by atoms with E-state index in [1.165, 1.54) is 0 Å². The lowest BCUT2D eigenvalue weighted by Gasteiger charge is -2.23. The molecule has 0 amide bonds. The Kier molecular flexibility index (Phi) is 4.54. The molecule has 0 spiro atoms. The van der Waals surface area contributed by atoms with Gasteiger partial charge in [-0.3, -0.25) is 0 Å². The average molecular weight is 238 g/mol. The highest BCUT2D eigenvalue weighted by Crippen LogP contribution is 2.27. The lowest BCUT2D eigenvalue weighted by molar-refractivity contribution is 0.00744. The minimum absolute atomic E-state index is 0.229. The van der Waals surface area contributed by atoms with Crippen LogP contribution < -0.4 is 4.74 Å². The normalized spacial score (nSPS) is 16.4. The number of benzene rings is 1. The molecule has 0 radical (unpaired) electrons. The van der Waals surface area contributed by atoms with E-state index in [0.717, 1.165) is 11.1 Å². The first-order valence-electron chi connectivity index (χ1n) is 5.99. The molecule has 96 valence electrons. The number of rotatable bonds is 5. The molecule has 0 heterocycles. The van der Waals surface area contributed by atoms with E-state index < -0.39 is 11.7 Å². The van der Waals surface area contributed by atoms with Gasteiger partial charge in [-0.2, -0.15) is 0 Å². The van der Waals surface area contributed by atoms with Crippen LogP contribution in [0.5, 0.6) is 5.75 Å². The van der Waals surface area contributed by atoms with Gasteiger partial charge in [-0.15, -0.1) is 0 Å². The Morgan fingerprint density at radius 2 is 2.06 bits per heavy atom. The van der Waals surface area contributed by atoms with Gasteiger partial charge in [-0.25, -0.2) is 0 Å². The van der Waals surface area contributed by atoms with Crippen molar-refractivity contribution in [1.82, 2.24) is 0 Å². The summed E-state index contributed by atoms with van der Waals surface area (Å²) in [5.74, 6) is 0.647. The van der Waals surface area contributed by atoms with E-state index in [-0.39, 0.29) is 6.61 Å². The van der Waals surface area contributed by atoms with E-state index >= 15 is 0 Å². The van der Waals surface area contributed by atoms with Crippen molar-refractivity contribution < 1.29 is 14.9 Å². The van der Waals surface area contributed by atoms with Gasteiger partial charge < -0.3 is 14.9 Å². The third-order valence-electron chi connectivity index (χ3n) is 2.92. The first-order chi connectivity index (χ1) is 7.85. The quantitative estimate of drug-likeness (QED) is 0.829. The van der Waals surface area contributed by atoms with Gasteiger partial charge in [0.25, 0.3) is 0 Å². The van der Waals surface area contributed by atoms with Crippen molar-refractivity contribution in [3.8, 4) is 5.75 Å². The molecule has 2 atom stereocenters. The summed E-state index contributed by atoms with van der Waals surface area (Å²) in [5.41, 5.74) is 0.989. The maximum atomic E-state index is 9.90. The molecule has 2 N–H and O–H groups in total. The van der Waals surface area contributed by atoms with Gasteiger partial charge in [0.1, 0.15) is 12.4 Å². The van der Waals surface area contributed by atoms with Crippen molar-refractivity contribution in [1.29, 1.82) is 0 Å². The fraction of sp³-hybridized carbons (Fsp3) is 0.571. The first-order valence-corrected chi connectivity index (χ1v) is 5.99. The second kappa shape index (κ2) is 5.52. The molecule has 0 saturated heterocycles. The van der Waals surface area contributed by atoms with Crippen LogP contribution in [0.2, 0.25) is 0 Å². The second-order valence-electron chi connectivity index (χ2n) is 4.86. The predicted molar refractivity (Wildman–Crippen MR) is 68.2 cm³/mol. The topological polar surface area (TPSA) is 49.7 Å². The molecular formula is C14H22O3. The molecule has 0 aliphatic carbocycles. The van der Waals surface area contributed by atoms with Crippen LogP contribution in [0.3, 0.4) is 0 Å². The minimum Gasteiger partial charge on any atom is -0.490 e. The Labute approximate surface area is 103 Å². The zero-order valence-electron chi connectivity index (χ0n) is 11.0. The second-order valence-corrected chi connectivity index (χ2v) is 4.86. The standard InChI is InChI=1S/C14H22O3/c1-5-14(4,16)9-17-13-8-10(2)6-7-12(13)11(3)15/h6-8,11,15-16H,5,9H2,1-4H3. The third-order valence-corrected chi connectivity index (χ3v) is 2.92. The van der Waals surface area contributed by atoms with Gasteiger partial charge in [0.15, 0.2) is 0 Å². The van der Waals surface area contributed by atoms with Crippen molar-refractivity contribution in [2.45, 2.75) is 45.8 Å². The molecule has 1 aromatic carbocycles. The van der Waals surface area contributed by atoms with E-state index in [4.69, 9.17) is 4.74 Å². The molecule has 0 fully saturated rings. The van der Waals surface area contributed by atoms with E-state index in [9.17, 15) is 10.2 Å². The van der Waals surface area contributed by atoms with E-state index in [0.29, 0.717) is 12.2 Å². The fourth-order valence-corrected chi connectivity index (χ4v) is 1.45. The molecule has 1 aromatic rings. The molecule has 1 rings (SSSR count). The van der Waals surface area contributed by atoms with E-state index in [1.54, 1.807) is 13.8 Å². The van der Waals surface area contributed by atoms with Gasteiger partial charge in [0, 0.05) is 5.56 Å². The Balaban J connectivity index is 2.85. The number of hydrogen-bond donors (Lipinski definition) is 2. The van der Waals surface area contributed by atoms with Crippen molar-refractivity contribution in [2.75, 3.05) is 6.61 Å². The predicted octanol–water partition coefficient (Wildman–Crippen LogP) is 2.59. The molecule has 0 aliphatic heterocycles. The smallest absolute Gasteiger partial charge is 0.125 e. The molecule has 17 heavy (non-hydrogen) atoms. The number of aliphatic hydroxyl groups is 2. The third kappa shape index (κ3) is 4.02. The molecular weight excluding hydrogens is 216 g/mol. The highest BCUT2D eigenvalue weighted by Gasteiger charge is 2.19. The summed E-state index contributed by atoms with van der Waals surface area (Å²) in [6.07, 6.45) is 0.0557. The van der Waals surface area contributed by atoms with Crippen LogP contribution in [0.25, 0.3) is 0 Å². The van der Waals surface area contributed by atoms with Gasteiger partial charge in [0.05, 0.1) is 11.7 Å². The zero-order valence-corrected chi connectivity index (χ0v) is 11.0. The van der Waals surface area contributed by atoms with Crippen LogP contribution >= 0.6 is 0 Å². The molecule has 0 aliphatic rings. The fourth-order valence-electron chi connectivity index (χ4n) is 1.45. The van der Waals surface area contributed by atoms with Gasteiger partial charge >= 0.3 is 0 Å². The summed E-state index contributed by atoms with van der Waals surface area (Å²) in [5, 5.41) is 19.5. The molecule has 0 aromatic heterocycles. The van der Waals surface area contributed by atoms with Crippen LogP contribution in [-0.2, 0) is 0 Å². The van der Waals surface area contributed by atoms with E-state index in [2.05, 4.69) is 0 Å². The van der Waals surface area contributed by atoms with Crippen LogP contribution in [0.1, 0.15) is 44.4 Å². The van der Waals surface area contributed by atoms with Crippen molar-refractivity contribution >= 4 is 0 Å². The summed E-state index contributed by atoms with van der Waals surface area (Å²) < 4.78 is 5.62. The lowest BCUT2D eigenvalue weighted by Crippen LogP contribution is -2.31. The maximum absolute atomic E-state index is 9.90. The van der Waals surface area contributed by atoms with E-state index in [1.807, 2.05) is 32.0 Å². The number of aryl methyl sites for hydroxylation is 1. The maximum Gasteiger partial charge on any atom is 0.125 e. The van der Waals surface area contributed by atoms with Crippen molar-refractivity contribution in [3.05, 3.63) is 29.3 Å². The van der Waals surface area contributed by atoms with Gasteiger partial charge in [0.2, 0.25) is 0 Å². The summed E-state index contributed by atoms with van der Waals surface area (Å²) >= 11 is 0. The summed E-state index contributed by atoms with van der Waals surface area (Å²) in [6, 6.07) is 5.68. The minimum atomic E-state index is -0.834. The molecule has 2 unspecified atom stereocenters. The monoisotopic (exact) mass is 238 g/mol. The Hall–Kier alpha value is -1.06. The molecule has 3 heteroatoms. The van der Waals surface area contributed by atoms with Gasteiger partial charge in [-0.1, -0.05) is 19.1 Å². The van der Waals surface area contributed by atoms with Gasteiger partial charge in [-0.05, 0) is 38.8 Å². The SMILES string of the molecule is CCC(C)(O)COc1cc(C)ccc1C(C)O. The number of ether oxygens (including phenoxy) is 1. The van der Waals surface area contributed by atoms with Crippen LogP contribution in [0, 0.1) is 6.92 Å². The average Bonchev–Trinajstić information content (AvgIpc) is 2.26. The largest absolute Gasteiger partial charge is 0.490 e. The number of hydrogen-bond acceptors (Lipinski definition) is 3. The molecule has 3 nitrogen and oxygen atoms in total. The molecule has 0 saturated carbocycles. The van der Waals surface area contributed by atoms with Crippen LogP contribution in [0.15, 0.2) is 18.2 Å². The highest BCUT2D eigenvalue weighted by atomic mass is 16.5. The molecule has 0 bridgehead atoms. The summed E-state index contributed by atoms with van der Waals surface area (Å²) in [6.45, 7) is 7.55. The summed E-state index contributed by atoms with van der Waals surface area (Å²) in [4.78, 5) is 0. The Morgan fingerprint density at radius 3 is 2.59 bits per heavy atom. The summed E-state index contributed by atoms with van der Waals surface area (Å²) in [7, 11) is 0. The number of aliphatic hydroxyl groups excluding tert-OH is 1. The highest BCUT2D eigenvalue weighted by molar-refractivity contribution is 5.38.